The van der Waals surface area contributed by atoms with Crippen molar-refractivity contribution in [3.05, 3.63) is 0 Å². The normalized spacial score (nSPS) is 25.0. The summed E-state index contributed by atoms with van der Waals surface area (Å²) in [6.07, 6.45) is 0. The minimum atomic E-state index is -0.776. The topological polar surface area (TPSA) is 61.4 Å². The van der Waals surface area contributed by atoms with Gasteiger partial charge in [-0.1, -0.05) is 0 Å². The molecule has 0 aromatic rings. The average molecular weight is 167 g/mol. The van der Waals surface area contributed by atoms with Crippen molar-refractivity contribution in [1.82, 2.24) is 10.6 Å². The lowest BCUT2D eigenvalue weighted by molar-refractivity contribution is -0.139. The van der Waals surface area contributed by atoms with E-state index in [4.69, 9.17) is 5.11 Å². The number of halogens is 1. The number of hydrogen-bond donors (Lipinski definition) is 3. The molecule has 4 nitrogen and oxygen atoms in total. The Morgan fingerprint density at radius 3 is 2.50 bits per heavy atom. The van der Waals surface area contributed by atoms with Crippen LogP contribution in [0.15, 0.2) is 0 Å². The number of piperazine rings is 1. The highest BCUT2D eigenvalue weighted by molar-refractivity contribution is 5.85. The molecule has 0 aromatic carbocycles. The first-order valence-electron chi connectivity index (χ1n) is 2.97. The van der Waals surface area contributed by atoms with Crippen LogP contribution in [0.5, 0.6) is 0 Å². The summed E-state index contributed by atoms with van der Waals surface area (Å²) in [5.74, 6) is -0.776. The van der Waals surface area contributed by atoms with Crippen molar-refractivity contribution in [3.8, 4) is 0 Å². The Morgan fingerprint density at radius 2 is 2.20 bits per heavy atom. The highest BCUT2D eigenvalue weighted by Crippen LogP contribution is 1.84. The Balaban J connectivity index is 0.000000810. The number of rotatable bonds is 1. The summed E-state index contributed by atoms with van der Waals surface area (Å²) in [6.45, 7) is 2.15. The fourth-order valence-corrected chi connectivity index (χ4v) is 0.828. The summed E-state index contributed by atoms with van der Waals surface area (Å²) < 4.78 is 0. The zero-order valence-corrected chi connectivity index (χ0v) is 6.28. The molecule has 0 aromatic heterocycles. The first-order valence-corrected chi connectivity index (χ1v) is 2.97. The van der Waals surface area contributed by atoms with Gasteiger partial charge in [-0.05, 0) is 0 Å². The van der Waals surface area contributed by atoms with E-state index < -0.39 is 12.0 Å². The van der Waals surface area contributed by atoms with Crippen LogP contribution in [-0.2, 0) is 4.79 Å². The Morgan fingerprint density at radius 1 is 1.50 bits per heavy atom. The van der Waals surface area contributed by atoms with E-state index in [1.54, 1.807) is 0 Å². The third-order valence-corrected chi connectivity index (χ3v) is 1.34. The summed E-state index contributed by atoms with van der Waals surface area (Å²) in [5, 5.41) is 14.3. The second kappa shape index (κ2) is 4.49. The van der Waals surface area contributed by atoms with E-state index in [0.717, 1.165) is 13.1 Å². The summed E-state index contributed by atoms with van der Waals surface area (Å²) in [5.41, 5.74) is 0. The molecule has 0 bridgehead atoms. The average Bonchev–Trinajstić information content (AvgIpc) is 1.90. The molecule has 0 aliphatic carbocycles. The second-order valence-electron chi connectivity index (χ2n) is 2.05. The van der Waals surface area contributed by atoms with Crippen LogP contribution in [0.25, 0.3) is 0 Å². The predicted molar refractivity (Wildman–Crippen MR) is 39.5 cm³/mol. The summed E-state index contributed by atoms with van der Waals surface area (Å²) in [4.78, 5) is 10.3. The molecule has 1 heterocycles. The molecule has 60 valence electrons. The molecule has 0 radical (unpaired) electrons. The van der Waals surface area contributed by atoms with Crippen LogP contribution < -0.4 is 10.6 Å². The molecule has 1 aliphatic rings. The van der Waals surface area contributed by atoms with E-state index in [1.807, 2.05) is 0 Å². The van der Waals surface area contributed by atoms with Gasteiger partial charge in [-0.3, -0.25) is 4.79 Å². The quantitative estimate of drug-likeness (QED) is 0.470. The van der Waals surface area contributed by atoms with Gasteiger partial charge < -0.3 is 15.7 Å². The SMILES string of the molecule is Cl.O=C(O)[C@H]1CNCCN1. The maximum Gasteiger partial charge on any atom is 0.322 e. The molecule has 3 N–H and O–H groups in total. The van der Waals surface area contributed by atoms with Crippen molar-refractivity contribution >= 4 is 18.4 Å². The molecule has 0 amide bonds. The fourth-order valence-electron chi connectivity index (χ4n) is 0.828. The third kappa shape index (κ3) is 2.51. The third-order valence-electron chi connectivity index (χ3n) is 1.34. The monoisotopic (exact) mass is 166 g/mol. The summed E-state index contributed by atoms with van der Waals surface area (Å²) >= 11 is 0. The molecule has 0 spiro atoms. The van der Waals surface area contributed by atoms with E-state index in [9.17, 15) is 4.79 Å². The van der Waals surface area contributed by atoms with Crippen LogP contribution in [0.4, 0.5) is 0 Å². The number of carboxylic acids is 1. The number of carboxylic acid groups (broad SMARTS) is 1. The fraction of sp³-hybridized carbons (Fsp3) is 0.800. The van der Waals surface area contributed by atoms with Gasteiger partial charge in [0.2, 0.25) is 0 Å². The lowest BCUT2D eigenvalue weighted by Gasteiger charge is -2.20. The number of hydrogen-bond acceptors (Lipinski definition) is 3. The first kappa shape index (κ1) is 9.68. The minimum absolute atomic E-state index is 0. The number of carbonyl (C=O) groups is 1. The van der Waals surface area contributed by atoms with Gasteiger partial charge in [-0.25, -0.2) is 0 Å². The van der Waals surface area contributed by atoms with E-state index in [1.165, 1.54) is 0 Å². The number of nitrogens with one attached hydrogen (secondary N) is 2. The highest BCUT2D eigenvalue weighted by Gasteiger charge is 2.18. The van der Waals surface area contributed by atoms with Gasteiger partial charge in [0.05, 0.1) is 0 Å². The maximum absolute atomic E-state index is 10.3. The Kier molecular flexibility index (Phi) is 4.34. The highest BCUT2D eigenvalue weighted by atomic mass is 35.5. The molecule has 1 atom stereocenters. The van der Waals surface area contributed by atoms with Crippen LogP contribution in [0.1, 0.15) is 0 Å². The van der Waals surface area contributed by atoms with E-state index in [0.29, 0.717) is 6.54 Å². The lowest BCUT2D eigenvalue weighted by atomic mass is 10.2. The Hall–Kier alpha value is -0.320. The van der Waals surface area contributed by atoms with Gasteiger partial charge in [-0.2, -0.15) is 0 Å². The van der Waals surface area contributed by atoms with Crippen LogP contribution in [0, 0.1) is 0 Å². The van der Waals surface area contributed by atoms with Crippen LogP contribution >= 0.6 is 12.4 Å². The van der Waals surface area contributed by atoms with Crippen molar-refractivity contribution in [2.75, 3.05) is 19.6 Å². The molecule has 1 aliphatic heterocycles. The lowest BCUT2D eigenvalue weighted by Crippen LogP contribution is -2.52. The van der Waals surface area contributed by atoms with Crippen molar-refractivity contribution in [3.63, 3.8) is 0 Å². The van der Waals surface area contributed by atoms with Crippen LogP contribution in [0.3, 0.4) is 0 Å². The molecular weight excluding hydrogens is 156 g/mol. The molecule has 1 saturated heterocycles. The van der Waals surface area contributed by atoms with Gasteiger partial charge in [-0.15, -0.1) is 12.4 Å². The molecule has 0 unspecified atom stereocenters. The summed E-state index contributed by atoms with van der Waals surface area (Å²) in [7, 11) is 0. The van der Waals surface area contributed by atoms with E-state index >= 15 is 0 Å². The maximum atomic E-state index is 10.3. The van der Waals surface area contributed by atoms with Crippen molar-refractivity contribution in [2.45, 2.75) is 6.04 Å². The molecule has 5 heteroatoms. The standard InChI is InChI=1S/C5H10N2O2.ClH/c8-5(9)4-3-6-1-2-7-4;/h4,6-7H,1-3H2,(H,8,9);1H/t4-;/m1./s1. The molecule has 10 heavy (non-hydrogen) atoms. The Bertz CT molecular complexity index is 114. The first-order chi connectivity index (χ1) is 4.30. The minimum Gasteiger partial charge on any atom is -0.480 e. The summed E-state index contributed by atoms with van der Waals surface area (Å²) in [6, 6.07) is -0.390. The van der Waals surface area contributed by atoms with Crippen LogP contribution in [-0.4, -0.2) is 36.8 Å². The smallest absolute Gasteiger partial charge is 0.322 e. The second-order valence-corrected chi connectivity index (χ2v) is 2.05. The van der Waals surface area contributed by atoms with Crippen molar-refractivity contribution in [2.24, 2.45) is 0 Å². The zero-order valence-electron chi connectivity index (χ0n) is 5.46. The predicted octanol–water partition coefficient (Wildman–Crippen LogP) is -0.946. The van der Waals surface area contributed by atoms with Gasteiger partial charge in [0.15, 0.2) is 0 Å². The largest absolute Gasteiger partial charge is 0.480 e. The van der Waals surface area contributed by atoms with Gasteiger partial charge in [0.1, 0.15) is 6.04 Å². The van der Waals surface area contributed by atoms with Gasteiger partial charge in [0, 0.05) is 19.6 Å². The van der Waals surface area contributed by atoms with E-state index in [2.05, 4.69) is 10.6 Å². The Labute approximate surface area is 65.4 Å². The van der Waals surface area contributed by atoms with Crippen LogP contribution in [0.2, 0.25) is 0 Å². The van der Waals surface area contributed by atoms with Crippen molar-refractivity contribution < 1.29 is 9.90 Å². The zero-order chi connectivity index (χ0) is 6.69. The van der Waals surface area contributed by atoms with E-state index in [-0.39, 0.29) is 12.4 Å². The molecular formula is C5H11ClN2O2. The van der Waals surface area contributed by atoms with Crippen molar-refractivity contribution in [1.29, 1.82) is 0 Å². The van der Waals surface area contributed by atoms with Gasteiger partial charge in [0.25, 0.3) is 0 Å². The molecule has 0 saturated carbocycles. The molecule has 1 fully saturated rings. The van der Waals surface area contributed by atoms with Gasteiger partial charge >= 0.3 is 5.97 Å². The molecule has 1 rings (SSSR count). The number of aliphatic carboxylic acids is 1.